The lowest BCUT2D eigenvalue weighted by molar-refractivity contribution is 0.0683. The van der Waals surface area contributed by atoms with Crippen molar-refractivity contribution in [2.45, 2.75) is 18.8 Å². The molecule has 0 bridgehead atoms. The number of nitrogens with one attached hydrogen (secondary N) is 1. The number of para-hydroxylation sites is 3. The number of furan rings is 1. The number of thiazole rings is 1. The maximum atomic E-state index is 13.0. The van der Waals surface area contributed by atoms with E-state index in [2.05, 4.69) is 10.3 Å². The molecule has 0 atom stereocenters. The third kappa shape index (κ3) is 4.31. The number of amides is 2. The van der Waals surface area contributed by atoms with Crippen molar-refractivity contribution in [2.75, 3.05) is 18.4 Å². The number of fused-ring (bicyclic) bond motifs is 1. The molecule has 0 aliphatic carbocycles. The van der Waals surface area contributed by atoms with E-state index in [-0.39, 0.29) is 17.7 Å². The molecular formula is C28H24N4O3S. The summed E-state index contributed by atoms with van der Waals surface area (Å²) in [5, 5.41) is 6.69. The van der Waals surface area contributed by atoms with Crippen LogP contribution in [0.2, 0.25) is 0 Å². The number of nitrogens with zero attached hydrogens (tertiary/aromatic N) is 3. The summed E-state index contributed by atoms with van der Waals surface area (Å²) in [6, 6.07) is 21.0. The third-order valence-electron chi connectivity index (χ3n) is 6.56. The zero-order valence-corrected chi connectivity index (χ0v) is 20.3. The smallest absolute Gasteiger partial charge is 0.289 e. The number of likely N-dealkylation sites (tertiary alicyclic amines) is 1. The maximum absolute atomic E-state index is 13.0. The number of anilines is 1. The van der Waals surface area contributed by atoms with Gasteiger partial charge in [0.15, 0.2) is 5.76 Å². The molecular weight excluding hydrogens is 472 g/mol. The number of hydrogen-bond acceptors (Lipinski definition) is 5. The molecule has 36 heavy (non-hydrogen) atoms. The SMILES string of the molecule is O=C(Nc1ccccc1-n1cccc1)c1csc(C2CCN(C(=O)c3cc4ccccc4o3)CC2)n1. The highest BCUT2D eigenvalue weighted by Gasteiger charge is 2.28. The van der Waals surface area contributed by atoms with Gasteiger partial charge in [-0.05, 0) is 49.2 Å². The number of hydrogen-bond donors (Lipinski definition) is 1. The highest BCUT2D eigenvalue weighted by molar-refractivity contribution is 7.10. The van der Waals surface area contributed by atoms with Crippen LogP contribution in [0.5, 0.6) is 0 Å². The molecule has 8 heteroatoms. The van der Waals surface area contributed by atoms with Crippen molar-refractivity contribution in [3.8, 4) is 5.69 Å². The molecule has 2 aromatic carbocycles. The Bertz CT molecular complexity index is 1490. The fraction of sp³-hybridized carbons (Fsp3) is 0.179. The molecule has 0 radical (unpaired) electrons. The van der Waals surface area contributed by atoms with Crippen molar-refractivity contribution in [3.63, 3.8) is 0 Å². The van der Waals surface area contributed by atoms with Gasteiger partial charge >= 0.3 is 0 Å². The van der Waals surface area contributed by atoms with E-state index < -0.39 is 0 Å². The zero-order valence-electron chi connectivity index (χ0n) is 19.5. The maximum Gasteiger partial charge on any atom is 0.289 e. The first kappa shape index (κ1) is 22.3. The molecule has 0 saturated carbocycles. The minimum atomic E-state index is -0.227. The number of benzene rings is 2. The summed E-state index contributed by atoms with van der Waals surface area (Å²) >= 11 is 1.51. The van der Waals surface area contributed by atoms with Gasteiger partial charge in [0, 0.05) is 42.2 Å². The summed E-state index contributed by atoms with van der Waals surface area (Å²) in [6.45, 7) is 1.26. The van der Waals surface area contributed by atoms with Gasteiger partial charge < -0.3 is 19.2 Å². The molecule has 1 fully saturated rings. The predicted octanol–water partition coefficient (Wildman–Crippen LogP) is 5.95. The monoisotopic (exact) mass is 496 g/mol. The Morgan fingerprint density at radius 1 is 0.972 bits per heavy atom. The van der Waals surface area contributed by atoms with Gasteiger partial charge in [-0.15, -0.1) is 11.3 Å². The van der Waals surface area contributed by atoms with Crippen LogP contribution in [0.3, 0.4) is 0 Å². The average Bonchev–Trinajstić information content (AvgIpc) is 3.69. The van der Waals surface area contributed by atoms with Crippen LogP contribution in [0.25, 0.3) is 16.7 Å². The highest BCUT2D eigenvalue weighted by atomic mass is 32.1. The average molecular weight is 497 g/mol. The van der Waals surface area contributed by atoms with E-state index >= 15 is 0 Å². The Morgan fingerprint density at radius 3 is 2.53 bits per heavy atom. The van der Waals surface area contributed by atoms with Crippen LogP contribution < -0.4 is 5.32 Å². The molecule has 7 nitrogen and oxygen atoms in total. The quantitative estimate of drug-likeness (QED) is 0.326. The normalized spacial score (nSPS) is 14.3. The second-order valence-electron chi connectivity index (χ2n) is 8.85. The lowest BCUT2D eigenvalue weighted by Crippen LogP contribution is -2.37. The van der Waals surface area contributed by atoms with Gasteiger partial charge in [-0.2, -0.15) is 0 Å². The van der Waals surface area contributed by atoms with Gasteiger partial charge in [-0.3, -0.25) is 9.59 Å². The van der Waals surface area contributed by atoms with Crippen molar-refractivity contribution in [1.82, 2.24) is 14.5 Å². The Kier molecular flexibility index (Phi) is 5.87. The fourth-order valence-electron chi connectivity index (χ4n) is 4.64. The molecule has 2 amide bonds. The Morgan fingerprint density at radius 2 is 1.72 bits per heavy atom. The number of piperidine rings is 1. The lowest BCUT2D eigenvalue weighted by Gasteiger charge is -2.30. The molecule has 0 unspecified atom stereocenters. The Labute approximate surface area is 212 Å². The van der Waals surface area contributed by atoms with Gasteiger partial charge in [0.1, 0.15) is 11.3 Å². The second-order valence-corrected chi connectivity index (χ2v) is 9.74. The molecule has 4 heterocycles. The Balaban J connectivity index is 1.10. The van der Waals surface area contributed by atoms with E-state index in [4.69, 9.17) is 4.42 Å². The van der Waals surface area contributed by atoms with Gasteiger partial charge in [0.05, 0.1) is 16.4 Å². The van der Waals surface area contributed by atoms with Gasteiger partial charge in [0.25, 0.3) is 11.8 Å². The predicted molar refractivity (Wildman–Crippen MR) is 140 cm³/mol. The molecule has 180 valence electrons. The van der Waals surface area contributed by atoms with Crippen LogP contribution in [-0.4, -0.2) is 39.4 Å². The lowest BCUT2D eigenvalue weighted by atomic mass is 9.97. The molecule has 6 rings (SSSR count). The van der Waals surface area contributed by atoms with Gasteiger partial charge in [-0.1, -0.05) is 30.3 Å². The van der Waals surface area contributed by atoms with Gasteiger partial charge in [-0.25, -0.2) is 4.98 Å². The summed E-state index contributed by atoms with van der Waals surface area (Å²) in [4.78, 5) is 32.4. The van der Waals surface area contributed by atoms with Crippen LogP contribution in [-0.2, 0) is 0 Å². The standard InChI is InChI=1S/C28H24N4O3S/c33-26(29-21-8-2-3-9-23(21)31-13-5-6-14-31)22-18-36-27(30-22)19-11-15-32(16-12-19)28(34)25-17-20-7-1-4-10-24(20)35-25/h1-10,13-14,17-19H,11-12,15-16H2,(H,29,33). The van der Waals surface area contributed by atoms with E-state index in [0.717, 1.165) is 40.2 Å². The van der Waals surface area contributed by atoms with E-state index in [1.807, 2.05) is 94.0 Å². The number of aromatic nitrogens is 2. The number of carbonyl (C=O) groups excluding carboxylic acids is 2. The van der Waals surface area contributed by atoms with Crippen molar-refractivity contribution in [3.05, 3.63) is 101 Å². The summed E-state index contributed by atoms with van der Waals surface area (Å²) in [5.74, 6) is 0.298. The van der Waals surface area contributed by atoms with Crippen molar-refractivity contribution in [1.29, 1.82) is 0 Å². The zero-order chi connectivity index (χ0) is 24.5. The highest BCUT2D eigenvalue weighted by Crippen LogP contribution is 2.32. The largest absolute Gasteiger partial charge is 0.451 e. The first-order valence-corrected chi connectivity index (χ1v) is 12.8. The number of rotatable bonds is 5. The summed E-state index contributed by atoms with van der Waals surface area (Å²) in [6.07, 6.45) is 5.49. The van der Waals surface area contributed by atoms with Crippen LogP contribution in [0, 0.1) is 0 Å². The summed E-state index contributed by atoms with van der Waals surface area (Å²) in [7, 11) is 0. The van der Waals surface area contributed by atoms with Gasteiger partial charge in [0.2, 0.25) is 0 Å². The van der Waals surface area contributed by atoms with Crippen molar-refractivity contribution in [2.24, 2.45) is 0 Å². The minimum Gasteiger partial charge on any atom is -0.451 e. The molecule has 0 spiro atoms. The van der Waals surface area contributed by atoms with E-state index in [9.17, 15) is 9.59 Å². The van der Waals surface area contributed by atoms with Crippen LogP contribution >= 0.6 is 11.3 Å². The second kappa shape index (κ2) is 9.47. The van der Waals surface area contributed by atoms with Crippen LogP contribution in [0.15, 0.2) is 88.9 Å². The fourth-order valence-corrected chi connectivity index (χ4v) is 5.61. The molecule has 1 saturated heterocycles. The molecule has 1 N–H and O–H groups in total. The molecule has 1 aliphatic rings. The van der Waals surface area contributed by atoms with Crippen LogP contribution in [0.1, 0.15) is 44.8 Å². The third-order valence-corrected chi connectivity index (χ3v) is 7.56. The minimum absolute atomic E-state index is 0.0785. The van der Waals surface area contributed by atoms with E-state index in [1.54, 1.807) is 0 Å². The topological polar surface area (TPSA) is 80.4 Å². The van der Waals surface area contributed by atoms with E-state index in [0.29, 0.717) is 24.5 Å². The summed E-state index contributed by atoms with van der Waals surface area (Å²) < 4.78 is 7.72. The first-order valence-electron chi connectivity index (χ1n) is 11.9. The van der Waals surface area contributed by atoms with Crippen LogP contribution in [0.4, 0.5) is 5.69 Å². The van der Waals surface area contributed by atoms with Crippen molar-refractivity contribution >= 4 is 39.8 Å². The number of carbonyl (C=O) groups is 2. The summed E-state index contributed by atoms with van der Waals surface area (Å²) in [5.41, 5.74) is 2.76. The van der Waals surface area contributed by atoms with E-state index in [1.165, 1.54) is 11.3 Å². The molecule has 3 aromatic heterocycles. The molecule has 5 aromatic rings. The Hall–Kier alpha value is -4.17. The molecule has 1 aliphatic heterocycles. The van der Waals surface area contributed by atoms with Crippen molar-refractivity contribution < 1.29 is 14.0 Å². The first-order chi connectivity index (χ1) is 17.7.